The SMILES string of the molecule is CNC(C)(CO)CCCCSCc1cc(C)cc(C)c1. The number of nitrogens with one attached hydrogen (secondary N) is 1. The van der Waals surface area contributed by atoms with Crippen LogP contribution in [0.3, 0.4) is 0 Å². The Kier molecular flexibility index (Phi) is 7.63. The van der Waals surface area contributed by atoms with Crippen molar-refractivity contribution < 1.29 is 5.11 Å². The Morgan fingerprint density at radius 3 is 2.35 bits per heavy atom. The van der Waals surface area contributed by atoms with Crippen LogP contribution in [0.2, 0.25) is 0 Å². The molecule has 0 heterocycles. The molecule has 0 aliphatic heterocycles. The highest BCUT2D eigenvalue weighted by molar-refractivity contribution is 7.98. The average molecular weight is 295 g/mol. The van der Waals surface area contributed by atoms with E-state index in [9.17, 15) is 5.11 Å². The molecule has 0 aromatic heterocycles. The highest BCUT2D eigenvalue weighted by Gasteiger charge is 2.19. The van der Waals surface area contributed by atoms with Crippen molar-refractivity contribution in [2.75, 3.05) is 19.4 Å². The lowest BCUT2D eigenvalue weighted by atomic mass is 9.96. The van der Waals surface area contributed by atoms with Crippen LogP contribution in [0.1, 0.15) is 42.9 Å². The maximum atomic E-state index is 9.32. The number of rotatable bonds is 9. The quantitative estimate of drug-likeness (QED) is 0.682. The largest absolute Gasteiger partial charge is 0.394 e. The summed E-state index contributed by atoms with van der Waals surface area (Å²) < 4.78 is 0. The van der Waals surface area contributed by atoms with Gasteiger partial charge in [0.25, 0.3) is 0 Å². The maximum Gasteiger partial charge on any atom is 0.0610 e. The van der Waals surface area contributed by atoms with Crippen LogP contribution >= 0.6 is 11.8 Å². The van der Waals surface area contributed by atoms with E-state index < -0.39 is 0 Å². The summed E-state index contributed by atoms with van der Waals surface area (Å²) in [5, 5.41) is 12.5. The lowest BCUT2D eigenvalue weighted by Gasteiger charge is -2.26. The Bertz CT molecular complexity index is 382. The standard InChI is InChI=1S/C17H29NOS/c1-14-9-15(2)11-16(10-14)12-20-8-6-5-7-17(3,13-19)18-4/h9-11,18-19H,5-8,12-13H2,1-4H3. The van der Waals surface area contributed by atoms with Crippen molar-refractivity contribution >= 4 is 11.8 Å². The van der Waals surface area contributed by atoms with Crippen molar-refractivity contribution in [1.82, 2.24) is 5.32 Å². The van der Waals surface area contributed by atoms with Crippen LogP contribution in [0, 0.1) is 13.8 Å². The summed E-state index contributed by atoms with van der Waals surface area (Å²) in [7, 11) is 1.92. The molecule has 114 valence electrons. The van der Waals surface area contributed by atoms with E-state index in [0.29, 0.717) is 0 Å². The zero-order valence-electron chi connectivity index (χ0n) is 13.3. The zero-order chi connectivity index (χ0) is 15.0. The molecular weight excluding hydrogens is 266 g/mol. The third kappa shape index (κ3) is 6.29. The molecule has 20 heavy (non-hydrogen) atoms. The summed E-state index contributed by atoms with van der Waals surface area (Å²) in [6.45, 7) is 6.61. The molecule has 0 bridgehead atoms. The van der Waals surface area contributed by atoms with Crippen LogP contribution in [-0.4, -0.2) is 30.1 Å². The van der Waals surface area contributed by atoms with E-state index in [1.165, 1.54) is 28.9 Å². The first kappa shape index (κ1) is 17.5. The number of aliphatic hydroxyl groups excluding tert-OH is 1. The fourth-order valence-corrected chi connectivity index (χ4v) is 3.30. The smallest absolute Gasteiger partial charge is 0.0610 e. The van der Waals surface area contributed by atoms with Crippen LogP contribution in [-0.2, 0) is 5.75 Å². The van der Waals surface area contributed by atoms with Crippen LogP contribution < -0.4 is 5.32 Å². The second-order valence-corrected chi connectivity index (χ2v) is 7.08. The fraction of sp³-hybridized carbons (Fsp3) is 0.647. The first-order valence-corrected chi connectivity index (χ1v) is 8.59. The van der Waals surface area contributed by atoms with Crippen molar-refractivity contribution in [3.63, 3.8) is 0 Å². The number of aryl methyl sites for hydroxylation is 2. The Morgan fingerprint density at radius 1 is 1.15 bits per heavy atom. The van der Waals surface area contributed by atoms with Crippen molar-refractivity contribution in [1.29, 1.82) is 0 Å². The maximum absolute atomic E-state index is 9.32. The van der Waals surface area contributed by atoms with Gasteiger partial charge in [0.1, 0.15) is 0 Å². The number of thioether (sulfide) groups is 1. The highest BCUT2D eigenvalue weighted by Crippen LogP contribution is 2.19. The van der Waals surface area contributed by atoms with Gasteiger partial charge >= 0.3 is 0 Å². The van der Waals surface area contributed by atoms with Gasteiger partial charge in [-0.25, -0.2) is 0 Å². The Balaban J connectivity index is 2.19. The van der Waals surface area contributed by atoms with Crippen molar-refractivity contribution in [2.45, 2.75) is 51.3 Å². The van der Waals surface area contributed by atoms with E-state index in [1.807, 2.05) is 18.8 Å². The average Bonchev–Trinajstić information content (AvgIpc) is 2.41. The first-order valence-electron chi connectivity index (χ1n) is 7.44. The van der Waals surface area contributed by atoms with E-state index in [2.05, 4.69) is 44.3 Å². The number of unbranched alkanes of at least 4 members (excludes halogenated alkanes) is 1. The van der Waals surface area contributed by atoms with Gasteiger partial charge in [-0.1, -0.05) is 35.7 Å². The first-order chi connectivity index (χ1) is 9.49. The molecule has 0 aliphatic rings. The molecule has 0 fully saturated rings. The number of likely N-dealkylation sites (N-methyl/N-ethyl adjacent to an activating group) is 1. The number of hydrogen-bond donors (Lipinski definition) is 2. The Hall–Kier alpha value is -0.510. The van der Waals surface area contributed by atoms with Gasteiger partial charge in [-0.15, -0.1) is 0 Å². The van der Waals surface area contributed by atoms with E-state index in [1.54, 1.807) is 0 Å². The van der Waals surface area contributed by atoms with Gasteiger partial charge in [0.05, 0.1) is 6.61 Å². The van der Waals surface area contributed by atoms with E-state index >= 15 is 0 Å². The number of aliphatic hydroxyl groups is 1. The van der Waals surface area contributed by atoms with Crippen molar-refractivity contribution in [2.24, 2.45) is 0 Å². The summed E-state index contributed by atoms with van der Waals surface area (Å²) in [5.41, 5.74) is 4.03. The van der Waals surface area contributed by atoms with Gasteiger partial charge in [0, 0.05) is 11.3 Å². The van der Waals surface area contributed by atoms with E-state index in [0.717, 1.165) is 18.6 Å². The van der Waals surface area contributed by atoms with Crippen LogP contribution in [0.5, 0.6) is 0 Å². The van der Waals surface area contributed by atoms with Crippen molar-refractivity contribution in [3.8, 4) is 0 Å². The Labute approximate surface area is 128 Å². The molecule has 1 unspecified atom stereocenters. The number of benzene rings is 1. The molecule has 0 aliphatic carbocycles. The third-order valence-electron chi connectivity index (χ3n) is 3.77. The van der Waals surface area contributed by atoms with E-state index in [-0.39, 0.29) is 12.1 Å². The lowest BCUT2D eigenvalue weighted by Crippen LogP contribution is -2.43. The van der Waals surface area contributed by atoms with Crippen molar-refractivity contribution in [3.05, 3.63) is 34.9 Å². The summed E-state index contributed by atoms with van der Waals surface area (Å²) in [6.07, 6.45) is 3.41. The summed E-state index contributed by atoms with van der Waals surface area (Å²) >= 11 is 2.01. The minimum Gasteiger partial charge on any atom is -0.394 e. The highest BCUT2D eigenvalue weighted by atomic mass is 32.2. The topological polar surface area (TPSA) is 32.3 Å². The summed E-state index contributed by atoms with van der Waals surface area (Å²) in [6, 6.07) is 6.79. The molecular formula is C17H29NOS. The second kappa shape index (κ2) is 8.71. The minimum absolute atomic E-state index is 0.113. The molecule has 0 radical (unpaired) electrons. The van der Waals surface area contributed by atoms with Gasteiger partial charge < -0.3 is 10.4 Å². The molecule has 1 aromatic carbocycles. The normalized spacial score (nSPS) is 14.2. The third-order valence-corrected chi connectivity index (χ3v) is 4.88. The van der Waals surface area contributed by atoms with Gasteiger partial charge in [-0.05, 0) is 52.0 Å². The summed E-state index contributed by atoms with van der Waals surface area (Å²) in [5.74, 6) is 2.30. The van der Waals surface area contributed by atoms with Crippen LogP contribution in [0.25, 0.3) is 0 Å². The predicted molar refractivity (Wildman–Crippen MR) is 90.5 cm³/mol. The molecule has 3 heteroatoms. The molecule has 2 N–H and O–H groups in total. The molecule has 0 spiro atoms. The lowest BCUT2D eigenvalue weighted by molar-refractivity contribution is 0.171. The van der Waals surface area contributed by atoms with Gasteiger partial charge in [0.15, 0.2) is 0 Å². The molecule has 1 aromatic rings. The zero-order valence-corrected chi connectivity index (χ0v) is 14.1. The molecule has 1 rings (SSSR count). The van der Waals surface area contributed by atoms with E-state index in [4.69, 9.17) is 0 Å². The van der Waals surface area contributed by atoms with Gasteiger partial charge in [-0.2, -0.15) is 11.8 Å². The van der Waals surface area contributed by atoms with Crippen LogP contribution in [0.15, 0.2) is 18.2 Å². The van der Waals surface area contributed by atoms with Gasteiger partial charge in [0.2, 0.25) is 0 Å². The number of hydrogen-bond acceptors (Lipinski definition) is 3. The fourth-order valence-electron chi connectivity index (χ4n) is 2.34. The summed E-state index contributed by atoms with van der Waals surface area (Å²) in [4.78, 5) is 0. The molecule has 0 saturated carbocycles. The Morgan fingerprint density at radius 2 is 1.80 bits per heavy atom. The molecule has 0 saturated heterocycles. The molecule has 1 atom stereocenters. The van der Waals surface area contributed by atoms with Crippen LogP contribution in [0.4, 0.5) is 0 Å². The second-order valence-electron chi connectivity index (χ2n) is 5.97. The monoisotopic (exact) mass is 295 g/mol. The van der Waals surface area contributed by atoms with Gasteiger partial charge in [-0.3, -0.25) is 0 Å². The molecule has 2 nitrogen and oxygen atoms in total. The predicted octanol–water partition coefficient (Wildman–Crippen LogP) is 3.68. The minimum atomic E-state index is -0.113. The molecule has 0 amide bonds.